The standard InChI is InChI=1S/C17H13N3/c1-4-12-7-10(2)19-16-14(12)5-6-15-13(9-18)8-11(3)20-17(15)16/h4-8H,1H2,2-3H3. The molecule has 3 aromatic rings. The molecule has 0 unspecified atom stereocenters. The highest BCUT2D eigenvalue weighted by Gasteiger charge is 2.10. The Labute approximate surface area is 117 Å². The van der Waals surface area contributed by atoms with Crippen LogP contribution in [-0.2, 0) is 0 Å². The van der Waals surface area contributed by atoms with Gasteiger partial charge >= 0.3 is 0 Å². The Morgan fingerprint density at radius 3 is 2.30 bits per heavy atom. The minimum absolute atomic E-state index is 0.637. The zero-order valence-electron chi connectivity index (χ0n) is 11.4. The van der Waals surface area contributed by atoms with Crippen molar-refractivity contribution in [3.05, 3.63) is 53.4 Å². The Balaban J connectivity index is 2.60. The number of nitriles is 1. The minimum atomic E-state index is 0.637. The van der Waals surface area contributed by atoms with Crippen molar-refractivity contribution < 1.29 is 0 Å². The van der Waals surface area contributed by atoms with Gasteiger partial charge in [-0.15, -0.1) is 0 Å². The van der Waals surface area contributed by atoms with Gasteiger partial charge in [0.15, 0.2) is 0 Å². The number of benzene rings is 1. The molecular formula is C17H13N3. The lowest BCUT2D eigenvalue weighted by atomic mass is 10.0. The smallest absolute Gasteiger partial charge is 0.0999 e. The second kappa shape index (κ2) is 4.43. The fourth-order valence-corrected chi connectivity index (χ4v) is 2.52. The van der Waals surface area contributed by atoms with E-state index in [0.717, 1.165) is 38.8 Å². The first-order valence-corrected chi connectivity index (χ1v) is 6.38. The molecule has 3 heteroatoms. The van der Waals surface area contributed by atoms with Crippen LogP contribution in [0.1, 0.15) is 22.5 Å². The monoisotopic (exact) mass is 259 g/mol. The number of hydrogen-bond acceptors (Lipinski definition) is 3. The molecule has 2 heterocycles. The lowest BCUT2D eigenvalue weighted by molar-refractivity contribution is 1.22. The van der Waals surface area contributed by atoms with Crippen LogP contribution in [0.15, 0.2) is 30.8 Å². The van der Waals surface area contributed by atoms with Gasteiger partial charge in [0.2, 0.25) is 0 Å². The van der Waals surface area contributed by atoms with Gasteiger partial charge in [-0.25, -0.2) is 0 Å². The first-order chi connectivity index (χ1) is 9.63. The summed E-state index contributed by atoms with van der Waals surface area (Å²) in [6.45, 7) is 7.70. The van der Waals surface area contributed by atoms with Gasteiger partial charge in [-0.2, -0.15) is 5.26 Å². The molecule has 0 radical (unpaired) electrons. The third kappa shape index (κ3) is 1.74. The molecule has 96 valence electrons. The highest BCUT2D eigenvalue weighted by Crippen LogP contribution is 2.28. The van der Waals surface area contributed by atoms with Crippen molar-refractivity contribution in [2.45, 2.75) is 13.8 Å². The first kappa shape index (κ1) is 12.3. The van der Waals surface area contributed by atoms with Crippen LogP contribution >= 0.6 is 0 Å². The minimum Gasteiger partial charge on any atom is -0.251 e. The van der Waals surface area contributed by atoms with Crippen molar-refractivity contribution in [1.29, 1.82) is 5.26 Å². The summed E-state index contributed by atoms with van der Waals surface area (Å²) in [5.41, 5.74) is 5.03. The van der Waals surface area contributed by atoms with E-state index in [4.69, 9.17) is 0 Å². The molecule has 0 aliphatic carbocycles. The molecule has 0 amide bonds. The van der Waals surface area contributed by atoms with Crippen LogP contribution in [0.25, 0.3) is 27.9 Å². The molecule has 0 atom stereocenters. The summed E-state index contributed by atoms with van der Waals surface area (Å²) >= 11 is 0. The van der Waals surface area contributed by atoms with Gasteiger partial charge < -0.3 is 0 Å². The number of pyridine rings is 2. The number of aryl methyl sites for hydroxylation is 2. The van der Waals surface area contributed by atoms with Crippen LogP contribution in [0, 0.1) is 25.2 Å². The highest BCUT2D eigenvalue weighted by atomic mass is 14.8. The summed E-state index contributed by atoms with van der Waals surface area (Å²) in [4.78, 5) is 9.19. The first-order valence-electron chi connectivity index (χ1n) is 6.38. The molecule has 0 N–H and O–H groups in total. The van der Waals surface area contributed by atoms with Crippen LogP contribution in [0.5, 0.6) is 0 Å². The fraction of sp³-hybridized carbons (Fsp3) is 0.118. The Morgan fingerprint density at radius 1 is 1.05 bits per heavy atom. The molecule has 3 rings (SSSR count). The van der Waals surface area contributed by atoms with Crippen LogP contribution < -0.4 is 0 Å². The Bertz CT molecular complexity index is 902. The Morgan fingerprint density at radius 2 is 1.65 bits per heavy atom. The van der Waals surface area contributed by atoms with Crippen LogP contribution in [0.3, 0.4) is 0 Å². The zero-order chi connectivity index (χ0) is 14.3. The Hall–Kier alpha value is -2.73. The summed E-state index contributed by atoms with van der Waals surface area (Å²) in [7, 11) is 0. The van der Waals surface area contributed by atoms with E-state index in [2.05, 4.69) is 22.6 Å². The summed E-state index contributed by atoms with van der Waals surface area (Å²) in [6.07, 6.45) is 1.82. The van der Waals surface area contributed by atoms with E-state index in [-0.39, 0.29) is 0 Å². The molecule has 0 saturated carbocycles. The predicted octanol–water partition coefficient (Wildman–Crippen LogP) is 3.91. The van der Waals surface area contributed by atoms with Gasteiger partial charge in [0.25, 0.3) is 0 Å². The normalized spacial score (nSPS) is 10.7. The van der Waals surface area contributed by atoms with E-state index in [1.54, 1.807) is 6.07 Å². The molecule has 2 aromatic heterocycles. The second-order valence-electron chi connectivity index (χ2n) is 4.84. The highest BCUT2D eigenvalue weighted by molar-refractivity contribution is 6.07. The van der Waals surface area contributed by atoms with Gasteiger partial charge in [0, 0.05) is 22.2 Å². The quantitative estimate of drug-likeness (QED) is 0.622. The van der Waals surface area contributed by atoms with E-state index in [0.29, 0.717) is 5.56 Å². The van der Waals surface area contributed by atoms with Gasteiger partial charge in [-0.1, -0.05) is 24.8 Å². The summed E-state index contributed by atoms with van der Waals surface area (Å²) in [5, 5.41) is 11.1. The molecule has 1 aromatic carbocycles. The number of aromatic nitrogens is 2. The van der Waals surface area contributed by atoms with Gasteiger partial charge in [-0.3, -0.25) is 9.97 Å². The van der Waals surface area contributed by atoms with Crippen molar-refractivity contribution in [1.82, 2.24) is 9.97 Å². The van der Waals surface area contributed by atoms with Crippen molar-refractivity contribution in [3.63, 3.8) is 0 Å². The third-order valence-corrected chi connectivity index (χ3v) is 3.39. The van der Waals surface area contributed by atoms with Crippen LogP contribution in [0.2, 0.25) is 0 Å². The molecule has 0 saturated heterocycles. The van der Waals surface area contributed by atoms with Crippen LogP contribution in [-0.4, -0.2) is 9.97 Å². The zero-order valence-corrected chi connectivity index (χ0v) is 11.4. The molecule has 3 nitrogen and oxygen atoms in total. The van der Waals surface area contributed by atoms with Crippen LogP contribution in [0.4, 0.5) is 0 Å². The molecule has 0 fully saturated rings. The number of fused-ring (bicyclic) bond motifs is 3. The molecule has 0 aliphatic heterocycles. The van der Waals surface area contributed by atoms with Gasteiger partial charge in [0.05, 0.1) is 22.7 Å². The second-order valence-corrected chi connectivity index (χ2v) is 4.84. The van der Waals surface area contributed by atoms with E-state index in [1.165, 1.54) is 0 Å². The van der Waals surface area contributed by atoms with E-state index < -0.39 is 0 Å². The third-order valence-electron chi connectivity index (χ3n) is 3.39. The lowest BCUT2D eigenvalue weighted by Gasteiger charge is -2.08. The summed E-state index contributed by atoms with van der Waals surface area (Å²) in [5.74, 6) is 0. The molecule has 0 spiro atoms. The van der Waals surface area contributed by atoms with E-state index in [1.807, 2.05) is 38.1 Å². The number of nitrogens with zero attached hydrogens (tertiary/aromatic N) is 3. The summed E-state index contributed by atoms with van der Waals surface area (Å²) in [6, 6.07) is 9.96. The number of rotatable bonds is 1. The topological polar surface area (TPSA) is 49.6 Å². The number of hydrogen-bond donors (Lipinski definition) is 0. The van der Waals surface area contributed by atoms with Crippen molar-refractivity contribution in [2.75, 3.05) is 0 Å². The van der Waals surface area contributed by atoms with Crippen molar-refractivity contribution >= 4 is 27.9 Å². The maximum atomic E-state index is 9.27. The molecular weight excluding hydrogens is 246 g/mol. The predicted molar refractivity (Wildman–Crippen MR) is 81.3 cm³/mol. The maximum absolute atomic E-state index is 9.27. The molecule has 20 heavy (non-hydrogen) atoms. The van der Waals surface area contributed by atoms with Crippen molar-refractivity contribution in [3.8, 4) is 6.07 Å². The summed E-state index contributed by atoms with van der Waals surface area (Å²) < 4.78 is 0. The average Bonchev–Trinajstić information content (AvgIpc) is 2.45. The lowest BCUT2D eigenvalue weighted by Crippen LogP contribution is -1.94. The maximum Gasteiger partial charge on any atom is 0.0999 e. The fourth-order valence-electron chi connectivity index (χ4n) is 2.52. The molecule has 0 bridgehead atoms. The van der Waals surface area contributed by atoms with E-state index in [9.17, 15) is 5.26 Å². The van der Waals surface area contributed by atoms with Gasteiger partial charge in [-0.05, 0) is 31.5 Å². The largest absolute Gasteiger partial charge is 0.251 e. The average molecular weight is 259 g/mol. The SMILES string of the molecule is C=Cc1cc(C)nc2c1ccc1c(C#N)cc(C)nc12. The van der Waals surface area contributed by atoms with Gasteiger partial charge in [0.1, 0.15) is 0 Å². The van der Waals surface area contributed by atoms with Crippen molar-refractivity contribution in [2.24, 2.45) is 0 Å². The molecule has 0 aliphatic rings. The Kier molecular flexibility index (Phi) is 2.73. The van der Waals surface area contributed by atoms with E-state index >= 15 is 0 Å².